The molecule has 0 unspecified atom stereocenters. The predicted molar refractivity (Wildman–Crippen MR) is 82.9 cm³/mol. The van der Waals surface area contributed by atoms with Crippen molar-refractivity contribution in [2.75, 3.05) is 13.2 Å². The van der Waals surface area contributed by atoms with Crippen LogP contribution in [0, 0.1) is 11.6 Å². The van der Waals surface area contributed by atoms with E-state index in [1.54, 1.807) is 38.1 Å². The molecule has 0 aliphatic heterocycles. The molecule has 1 amide bonds. The highest BCUT2D eigenvalue weighted by atomic mass is 19.1. The van der Waals surface area contributed by atoms with E-state index in [-0.39, 0.29) is 12.4 Å². The summed E-state index contributed by atoms with van der Waals surface area (Å²) in [4.78, 5) is 17.0. The lowest BCUT2D eigenvalue weighted by molar-refractivity contribution is -0.0431. The van der Waals surface area contributed by atoms with Crippen LogP contribution in [0.1, 0.15) is 13.8 Å². The van der Waals surface area contributed by atoms with E-state index in [0.717, 1.165) is 23.3 Å². The van der Waals surface area contributed by atoms with Gasteiger partial charge >= 0.3 is 6.09 Å². The minimum Gasteiger partial charge on any atom is -0.457 e. The standard InChI is InChI=1S/C17H17F2NO4/c1-3-20(17(21)22-4-2)24-15-7-5-14(6-8-15)23-16-10-12(18)9-13(19)11-16/h5-11H,3-4H2,1-2H3. The summed E-state index contributed by atoms with van der Waals surface area (Å²) in [6, 6.07) is 9.15. The Labute approximate surface area is 138 Å². The number of carbonyl (C=O) groups is 1. The SMILES string of the molecule is CCOC(=O)N(CC)Oc1ccc(Oc2cc(F)cc(F)c2)cc1. The Morgan fingerprint density at radius 3 is 2.08 bits per heavy atom. The molecule has 0 aliphatic rings. The van der Waals surface area contributed by atoms with Crippen LogP contribution in [-0.4, -0.2) is 24.3 Å². The molecule has 0 aliphatic carbocycles. The molecule has 0 aromatic heterocycles. The Hall–Kier alpha value is -2.83. The van der Waals surface area contributed by atoms with Crippen LogP contribution in [-0.2, 0) is 4.74 Å². The van der Waals surface area contributed by atoms with E-state index in [1.807, 2.05) is 0 Å². The van der Waals surface area contributed by atoms with E-state index in [2.05, 4.69) is 0 Å². The quantitative estimate of drug-likeness (QED) is 0.727. The second kappa shape index (κ2) is 8.14. The molecule has 0 fully saturated rings. The molecule has 2 rings (SSSR count). The van der Waals surface area contributed by atoms with Crippen molar-refractivity contribution in [3.8, 4) is 17.2 Å². The molecule has 0 heterocycles. The Morgan fingerprint density at radius 2 is 1.54 bits per heavy atom. The maximum atomic E-state index is 13.1. The van der Waals surface area contributed by atoms with Gasteiger partial charge in [0.05, 0.1) is 13.2 Å². The molecule has 0 spiro atoms. The number of hydroxylamine groups is 2. The fourth-order valence-electron chi connectivity index (χ4n) is 1.85. The van der Waals surface area contributed by atoms with E-state index in [4.69, 9.17) is 14.3 Å². The molecule has 0 saturated heterocycles. The van der Waals surface area contributed by atoms with Gasteiger partial charge < -0.3 is 14.3 Å². The average molecular weight is 337 g/mol. The third kappa shape index (κ3) is 4.84. The number of benzene rings is 2. The van der Waals surface area contributed by atoms with Crippen LogP contribution in [0.25, 0.3) is 0 Å². The second-order valence-electron chi connectivity index (χ2n) is 4.66. The molecule has 128 valence electrons. The van der Waals surface area contributed by atoms with Crippen LogP contribution in [0.15, 0.2) is 42.5 Å². The number of carbonyl (C=O) groups excluding carboxylic acids is 1. The molecule has 24 heavy (non-hydrogen) atoms. The monoisotopic (exact) mass is 337 g/mol. The van der Waals surface area contributed by atoms with Gasteiger partial charge in [0.25, 0.3) is 0 Å². The normalized spacial score (nSPS) is 10.2. The molecule has 0 bridgehead atoms. The van der Waals surface area contributed by atoms with Gasteiger partial charge in [-0.25, -0.2) is 13.6 Å². The molecule has 2 aromatic carbocycles. The summed E-state index contributed by atoms with van der Waals surface area (Å²) in [6.07, 6.45) is -0.587. The zero-order chi connectivity index (χ0) is 17.5. The Balaban J connectivity index is 2.03. The smallest absolute Gasteiger partial charge is 0.443 e. The van der Waals surface area contributed by atoms with Crippen molar-refractivity contribution in [2.24, 2.45) is 0 Å². The van der Waals surface area contributed by atoms with E-state index in [1.165, 1.54) is 0 Å². The van der Waals surface area contributed by atoms with Crippen molar-refractivity contribution in [1.29, 1.82) is 0 Å². The molecular weight excluding hydrogens is 320 g/mol. The number of ether oxygens (including phenoxy) is 2. The molecule has 7 heteroatoms. The third-order valence-corrected chi connectivity index (χ3v) is 2.87. The average Bonchev–Trinajstić information content (AvgIpc) is 2.53. The summed E-state index contributed by atoms with van der Waals surface area (Å²) in [5.41, 5.74) is 0. The minimum atomic E-state index is -0.724. The van der Waals surface area contributed by atoms with Gasteiger partial charge in [-0.15, -0.1) is 5.06 Å². The molecular formula is C17H17F2NO4. The number of amides is 1. The number of hydrogen-bond acceptors (Lipinski definition) is 4. The lowest BCUT2D eigenvalue weighted by atomic mass is 10.3. The summed E-state index contributed by atoms with van der Waals surface area (Å²) in [5, 5.41) is 1.07. The first kappa shape index (κ1) is 17.5. The van der Waals surface area contributed by atoms with E-state index in [9.17, 15) is 13.6 Å². The van der Waals surface area contributed by atoms with E-state index < -0.39 is 17.7 Å². The van der Waals surface area contributed by atoms with Crippen LogP contribution in [0.2, 0.25) is 0 Å². The Morgan fingerprint density at radius 1 is 0.958 bits per heavy atom. The number of nitrogens with zero attached hydrogens (tertiary/aromatic N) is 1. The van der Waals surface area contributed by atoms with Crippen molar-refractivity contribution in [2.45, 2.75) is 13.8 Å². The maximum absolute atomic E-state index is 13.1. The third-order valence-electron chi connectivity index (χ3n) is 2.87. The topological polar surface area (TPSA) is 48.0 Å². The van der Waals surface area contributed by atoms with Crippen LogP contribution in [0.3, 0.4) is 0 Å². The largest absolute Gasteiger partial charge is 0.457 e. The predicted octanol–water partition coefficient (Wildman–Crippen LogP) is 4.53. The summed E-state index contributed by atoms with van der Waals surface area (Å²) < 4.78 is 36.5. The summed E-state index contributed by atoms with van der Waals surface area (Å²) in [5.74, 6) is -0.645. The molecule has 0 radical (unpaired) electrons. The van der Waals surface area contributed by atoms with Crippen molar-refractivity contribution in [3.05, 3.63) is 54.1 Å². The van der Waals surface area contributed by atoms with Crippen molar-refractivity contribution in [3.63, 3.8) is 0 Å². The van der Waals surface area contributed by atoms with Gasteiger partial charge in [-0.3, -0.25) is 0 Å². The summed E-state index contributed by atoms with van der Waals surface area (Å²) in [6.45, 7) is 4.00. The van der Waals surface area contributed by atoms with Crippen LogP contribution >= 0.6 is 0 Å². The first-order valence-electron chi connectivity index (χ1n) is 7.38. The fourth-order valence-corrected chi connectivity index (χ4v) is 1.85. The van der Waals surface area contributed by atoms with Crippen LogP contribution < -0.4 is 9.57 Å². The van der Waals surface area contributed by atoms with Gasteiger partial charge in [-0.2, -0.15) is 0 Å². The Bertz CT molecular complexity index is 671. The van der Waals surface area contributed by atoms with Gasteiger partial charge in [0.15, 0.2) is 5.75 Å². The van der Waals surface area contributed by atoms with E-state index >= 15 is 0 Å². The molecule has 0 N–H and O–H groups in total. The number of halogens is 2. The van der Waals surface area contributed by atoms with Gasteiger partial charge in [0.2, 0.25) is 0 Å². The van der Waals surface area contributed by atoms with Crippen molar-refractivity contribution in [1.82, 2.24) is 5.06 Å². The molecule has 5 nitrogen and oxygen atoms in total. The number of hydrogen-bond donors (Lipinski definition) is 0. The molecule has 0 atom stereocenters. The highest BCUT2D eigenvalue weighted by Gasteiger charge is 2.14. The van der Waals surface area contributed by atoms with Gasteiger partial charge in [-0.1, -0.05) is 0 Å². The zero-order valence-corrected chi connectivity index (χ0v) is 13.3. The minimum absolute atomic E-state index is 0.0443. The summed E-state index contributed by atoms with van der Waals surface area (Å²) in [7, 11) is 0. The van der Waals surface area contributed by atoms with E-state index in [0.29, 0.717) is 18.0 Å². The molecule has 2 aromatic rings. The fraction of sp³-hybridized carbons (Fsp3) is 0.235. The Kier molecular flexibility index (Phi) is 5.95. The first-order valence-corrected chi connectivity index (χ1v) is 7.38. The van der Waals surface area contributed by atoms with Crippen molar-refractivity contribution >= 4 is 6.09 Å². The molecule has 0 saturated carbocycles. The number of rotatable bonds is 6. The summed E-state index contributed by atoms with van der Waals surface area (Å²) >= 11 is 0. The highest BCUT2D eigenvalue weighted by Crippen LogP contribution is 2.25. The van der Waals surface area contributed by atoms with Gasteiger partial charge in [0, 0.05) is 18.2 Å². The van der Waals surface area contributed by atoms with Crippen molar-refractivity contribution < 1.29 is 27.9 Å². The highest BCUT2D eigenvalue weighted by molar-refractivity contribution is 5.66. The van der Waals surface area contributed by atoms with Gasteiger partial charge in [0.1, 0.15) is 23.1 Å². The first-order chi connectivity index (χ1) is 11.5. The maximum Gasteiger partial charge on any atom is 0.443 e. The van der Waals surface area contributed by atoms with Crippen LogP contribution in [0.5, 0.6) is 17.2 Å². The zero-order valence-electron chi connectivity index (χ0n) is 13.3. The lowest BCUT2D eigenvalue weighted by Crippen LogP contribution is -2.34. The second-order valence-corrected chi connectivity index (χ2v) is 4.66. The van der Waals surface area contributed by atoms with Gasteiger partial charge in [-0.05, 0) is 38.1 Å². The van der Waals surface area contributed by atoms with Crippen LogP contribution in [0.4, 0.5) is 13.6 Å². The lowest BCUT2D eigenvalue weighted by Gasteiger charge is -2.19.